The van der Waals surface area contributed by atoms with Crippen LogP contribution in [0.3, 0.4) is 0 Å². The number of aromatic nitrogens is 2. The van der Waals surface area contributed by atoms with Crippen LogP contribution in [0.2, 0.25) is 0 Å². The molecule has 0 bridgehead atoms. The van der Waals surface area contributed by atoms with Crippen molar-refractivity contribution in [2.75, 3.05) is 20.2 Å². The number of ether oxygens (including phenoxy) is 3. The van der Waals surface area contributed by atoms with Gasteiger partial charge in [-0.1, -0.05) is 6.42 Å². The van der Waals surface area contributed by atoms with Crippen LogP contribution >= 0.6 is 0 Å². The first-order valence-electron chi connectivity index (χ1n) is 9.82. The van der Waals surface area contributed by atoms with Gasteiger partial charge in [-0.15, -0.1) is 0 Å². The molecule has 27 heavy (non-hydrogen) atoms. The second-order valence-corrected chi connectivity index (χ2v) is 7.67. The van der Waals surface area contributed by atoms with Crippen LogP contribution in [-0.2, 0) is 11.3 Å². The predicted octanol–water partition coefficient (Wildman–Crippen LogP) is 3.41. The Morgan fingerprint density at radius 2 is 2.04 bits per heavy atom. The molecule has 0 atom stereocenters. The number of rotatable bonds is 3. The molecule has 0 unspecified atom stereocenters. The minimum atomic E-state index is -0.457. The van der Waals surface area contributed by atoms with E-state index in [0.717, 1.165) is 48.8 Å². The number of hydrogen-bond acceptors (Lipinski definition) is 6. The van der Waals surface area contributed by atoms with Crippen molar-refractivity contribution >= 4 is 0 Å². The van der Waals surface area contributed by atoms with Crippen molar-refractivity contribution < 1.29 is 14.2 Å². The summed E-state index contributed by atoms with van der Waals surface area (Å²) >= 11 is 0. The maximum absolute atomic E-state index is 6.36. The lowest BCUT2D eigenvalue weighted by Crippen LogP contribution is -2.54. The molecule has 5 rings (SSSR count). The Kier molecular flexibility index (Phi) is 4.25. The summed E-state index contributed by atoms with van der Waals surface area (Å²) in [6.45, 7) is 2.70. The van der Waals surface area contributed by atoms with Crippen molar-refractivity contribution in [1.82, 2.24) is 14.9 Å². The van der Waals surface area contributed by atoms with E-state index >= 15 is 0 Å². The van der Waals surface area contributed by atoms with Crippen LogP contribution in [0.1, 0.15) is 37.7 Å². The van der Waals surface area contributed by atoms with E-state index < -0.39 is 5.79 Å². The molecular formula is C21H25N3O3. The van der Waals surface area contributed by atoms with Crippen molar-refractivity contribution in [2.45, 2.75) is 50.5 Å². The highest BCUT2D eigenvalue weighted by Crippen LogP contribution is 2.40. The van der Waals surface area contributed by atoms with Crippen molar-refractivity contribution in [1.29, 1.82) is 0 Å². The van der Waals surface area contributed by atoms with E-state index in [9.17, 15) is 0 Å². The van der Waals surface area contributed by atoms with Crippen LogP contribution in [0.25, 0.3) is 11.4 Å². The van der Waals surface area contributed by atoms with Gasteiger partial charge in [0.25, 0.3) is 0 Å². The SMILES string of the molecule is COc1ccnc(-c2ccc3c(c2)COC2(CCN(C4CCC4)CC2)O3)n1. The zero-order valence-electron chi connectivity index (χ0n) is 15.7. The Balaban J connectivity index is 1.32. The maximum Gasteiger partial charge on any atom is 0.216 e. The third kappa shape index (κ3) is 3.17. The van der Waals surface area contributed by atoms with Crippen LogP contribution in [0.4, 0.5) is 0 Å². The average molecular weight is 367 g/mol. The van der Waals surface area contributed by atoms with Crippen LogP contribution in [0.15, 0.2) is 30.5 Å². The van der Waals surface area contributed by atoms with E-state index in [4.69, 9.17) is 14.2 Å². The predicted molar refractivity (Wildman–Crippen MR) is 101 cm³/mol. The summed E-state index contributed by atoms with van der Waals surface area (Å²) in [5.41, 5.74) is 1.99. The highest BCUT2D eigenvalue weighted by atomic mass is 16.7. The van der Waals surface area contributed by atoms with Gasteiger partial charge in [-0.3, -0.25) is 4.90 Å². The molecule has 0 N–H and O–H groups in total. The summed E-state index contributed by atoms with van der Waals surface area (Å²) in [4.78, 5) is 11.4. The van der Waals surface area contributed by atoms with Gasteiger partial charge in [0.15, 0.2) is 5.82 Å². The molecule has 1 aromatic heterocycles. The Hall–Kier alpha value is -2.18. The number of methoxy groups -OCH3 is 1. The lowest BCUT2D eigenvalue weighted by Gasteiger charge is -2.47. The normalized spacial score (nSPS) is 22.0. The molecule has 0 radical (unpaired) electrons. The number of piperidine rings is 1. The molecule has 2 aliphatic heterocycles. The molecule has 6 nitrogen and oxygen atoms in total. The first-order valence-corrected chi connectivity index (χ1v) is 9.82. The van der Waals surface area contributed by atoms with E-state index in [1.807, 2.05) is 12.1 Å². The second kappa shape index (κ2) is 6.77. The van der Waals surface area contributed by atoms with Crippen molar-refractivity contribution in [3.63, 3.8) is 0 Å². The molecule has 1 saturated carbocycles. The number of benzene rings is 1. The molecule has 6 heteroatoms. The summed E-state index contributed by atoms with van der Waals surface area (Å²) in [7, 11) is 1.61. The van der Waals surface area contributed by atoms with Gasteiger partial charge in [0.05, 0.1) is 13.7 Å². The largest absolute Gasteiger partial charge is 0.481 e. The summed E-state index contributed by atoms with van der Waals surface area (Å²) in [6, 6.07) is 8.63. The fraction of sp³-hybridized carbons (Fsp3) is 0.524. The maximum atomic E-state index is 6.36. The van der Waals surface area contributed by atoms with Crippen molar-refractivity contribution in [2.24, 2.45) is 0 Å². The monoisotopic (exact) mass is 367 g/mol. The zero-order chi connectivity index (χ0) is 18.3. The Bertz CT molecular complexity index is 829. The Morgan fingerprint density at radius 3 is 2.78 bits per heavy atom. The molecule has 2 aromatic rings. The minimum Gasteiger partial charge on any atom is -0.481 e. The molecule has 1 aromatic carbocycles. The molecule has 142 valence electrons. The topological polar surface area (TPSA) is 56.7 Å². The Morgan fingerprint density at radius 1 is 1.19 bits per heavy atom. The van der Waals surface area contributed by atoms with Crippen molar-refractivity contribution in [3.05, 3.63) is 36.0 Å². The molecule has 2 fully saturated rings. The number of likely N-dealkylation sites (tertiary alicyclic amines) is 1. The first kappa shape index (κ1) is 17.0. The lowest BCUT2D eigenvalue weighted by atomic mass is 9.89. The number of fused-ring (bicyclic) bond motifs is 1. The van der Waals surface area contributed by atoms with Crippen LogP contribution in [0, 0.1) is 0 Å². The van der Waals surface area contributed by atoms with Gasteiger partial charge >= 0.3 is 0 Å². The average Bonchev–Trinajstić information content (AvgIpc) is 2.68. The van der Waals surface area contributed by atoms with Gasteiger partial charge in [-0.2, -0.15) is 4.98 Å². The molecule has 3 aliphatic rings. The van der Waals surface area contributed by atoms with Gasteiger partial charge in [-0.05, 0) is 31.0 Å². The van der Waals surface area contributed by atoms with Gasteiger partial charge in [-0.25, -0.2) is 4.98 Å². The molecule has 0 amide bonds. The first-order chi connectivity index (χ1) is 13.2. The number of nitrogens with zero attached hydrogens (tertiary/aromatic N) is 3. The quantitative estimate of drug-likeness (QED) is 0.829. The van der Waals surface area contributed by atoms with E-state index in [-0.39, 0.29) is 0 Å². The fourth-order valence-electron chi connectivity index (χ4n) is 4.19. The third-order valence-electron chi connectivity index (χ3n) is 6.10. The smallest absolute Gasteiger partial charge is 0.216 e. The zero-order valence-corrected chi connectivity index (χ0v) is 15.7. The fourth-order valence-corrected chi connectivity index (χ4v) is 4.19. The van der Waals surface area contributed by atoms with E-state index in [1.54, 1.807) is 19.4 Å². The second-order valence-electron chi connectivity index (χ2n) is 7.67. The highest BCUT2D eigenvalue weighted by Gasteiger charge is 2.42. The minimum absolute atomic E-state index is 0.457. The molecule has 3 heterocycles. The Labute approximate surface area is 159 Å². The van der Waals surface area contributed by atoms with Crippen LogP contribution < -0.4 is 9.47 Å². The van der Waals surface area contributed by atoms with E-state index in [1.165, 1.54) is 19.3 Å². The van der Waals surface area contributed by atoms with Gasteiger partial charge < -0.3 is 14.2 Å². The van der Waals surface area contributed by atoms with Gasteiger partial charge in [0.2, 0.25) is 11.7 Å². The van der Waals surface area contributed by atoms with Crippen molar-refractivity contribution in [3.8, 4) is 23.0 Å². The summed E-state index contributed by atoms with van der Waals surface area (Å²) in [5.74, 6) is 1.67. The summed E-state index contributed by atoms with van der Waals surface area (Å²) in [5, 5.41) is 0. The lowest BCUT2D eigenvalue weighted by molar-refractivity contribution is -0.231. The van der Waals surface area contributed by atoms with Gasteiger partial charge in [0.1, 0.15) is 5.75 Å². The molecule has 1 aliphatic carbocycles. The molecule has 1 spiro atoms. The van der Waals surface area contributed by atoms with Crippen LogP contribution in [0.5, 0.6) is 11.6 Å². The summed E-state index contributed by atoms with van der Waals surface area (Å²) in [6.07, 6.45) is 7.66. The molecule has 1 saturated heterocycles. The molecular weight excluding hydrogens is 342 g/mol. The third-order valence-corrected chi connectivity index (χ3v) is 6.10. The van der Waals surface area contributed by atoms with Gasteiger partial charge in [0, 0.05) is 55.4 Å². The summed E-state index contributed by atoms with van der Waals surface area (Å²) < 4.78 is 17.8. The van der Waals surface area contributed by atoms with E-state index in [0.29, 0.717) is 18.3 Å². The van der Waals surface area contributed by atoms with E-state index in [2.05, 4.69) is 20.9 Å². The number of hydrogen-bond donors (Lipinski definition) is 0. The van der Waals surface area contributed by atoms with Crippen LogP contribution in [-0.4, -0.2) is 46.9 Å². The standard InChI is InChI=1S/C21H25N3O3/c1-25-19-7-10-22-20(23-19)15-5-6-18-16(13-15)14-26-21(27-18)8-11-24(12-9-21)17-3-2-4-17/h5-7,10,13,17H,2-4,8-9,11-12,14H2,1H3. The highest BCUT2D eigenvalue weighted by molar-refractivity contribution is 5.59.